The zero-order chi connectivity index (χ0) is 13.8. The van der Waals surface area contributed by atoms with Crippen molar-refractivity contribution in [3.8, 4) is 0 Å². The number of amides is 1. The zero-order valence-electron chi connectivity index (χ0n) is 11.3. The van der Waals surface area contributed by atoms with Crippen molar-refractivity contribution in [2.24, 2.45) is 5.73 Å². The third-order valence-corrected chi connectivity index (χ3v) is 4.14. The summed E-state index contributed by atoms with van der Waals surface area (Å²) < 4.78 is 0. The highest BCUT2D eigenvalue weighted by molar-refractivity contribution is 6.31. The first-order valence-corrected chi connectivity index (χ1v) is 7.30. The first kappa shape index (κ1) is 14.4. The van der Waals surface area contributed by atoms with E-state index in [9.17, 15) is 4.79 Å². The van der Waals surface area contributed by atoms with E-state index in [-0.39, 0.29) is 18.0 Å². The van der Waals surface area contributed by atoms with E-state index in [1.165, 1.54) is 0 Å². The van der Waals surface area contributed by atoms with Crippen LogP contribution in [0.1, 0.15) is 44.2 Å². The molecule has 1 aliphatic rings. The van der Waals surface area contributed by atoms with Gasteiger partial charge in [-0.25, -0.2) is 0 Å². The van der Waals surface area contributed by atoms with Crippen LogP contribution in [-0.4, -0.2) is 23.4 Å². The molecule has 4 heteroatoms. The third-order valence-electron chi connectivity index (χ3n) is 3.80. The Labute approximate surface area is 119 Å². The van der Waals surface area contributed by atoms with Gasteiger partial charge in [0.1, 0.15) is 0 Å². The highest BCUT2D eigenvalue weighted by Crippen LogP contribution is 2.36. The van der Waals surface area contributed by atoms with Gasteiger partial charge in [0.2, 0.25) is 5.91 Å². The molecule has 2 atom stereocenters. The zero-order valence-corrected chi connectivity index (χ0v) is 12.1. The molecule has 1 fully saturated rings. The lowest BCUT2D eigenvalue weighted by Crippen LogP contribution is -2.35. The Morgan fingerprint density at radius 2 is 2.26 bits per heavy atom. The maximum absolute atomic E-state index is 12.3. The first-order chi connectivity index (χ1) is 9.13. The summed E-state index contributed by atoms with van der Waals surface area (Å²) in [5, 5.41) is 0.743. The molecule has 0 spiro atoms. The van der Waals surface area contributed by atoms with Crippen LogP contribution in [-0.2, 0) is 4.79 Å². The molecule has 1 aliphatic heterocycles. The smallest absolute Gasteiger partial charge is 0.224 e. The summed E-state index contributed by atoms with van der Waals surface area (Å²) in [7, 11) is 0. The van der Waals surface area contributed by atoms with Gasteiger partial charge in [0.15, 0.2) is 0 Å². The lowest BCUT2D eigenvalue weighted by atomic mass is 10.0. The van der Waals surface area contributed by atoms with Gasteiger partial charge in [-0.05, 0) is 30.9 Å². The number of rotatable bonds is 4. The summed E-state index contributed by atoms with van der Waals surface area (Å²) in [6.45, 7) is 2.82. The number of halogens is 1. The predicted octanol–water partition coefficient (Wildman–Crippen LogP) is 3.13. The molecule has 2 rings (SSSR count). The van der Waals surface area contributed by atoms with E-state index in [2.05, 4.69) is 0 Å². The second-order valence-corrected chi connectivity index (χ2v) is 5.55. The van der Waals surface area contributed by atoms with Gasteiger partial charge in [0.25, 0.3) is 0 Å². The van der Waals surface area contributed by atoms with E-state index >= 15 is 0 Å². The molecule has 0 radical (unpaired) electrons. The van der Waals surface area contributed by atoms with E-state index in [1.54, 1.807) is 0 Å². The Morgan fingerprint density at radius 3 is 2.95 bits per heavy atom. The molecular weight excluding hydrogens is 260 g/mol. The van der Waals surface area contributed by atoms with Crippen LogP contribution in [0.25, 0.3) is 0 Å². The number of hydrogen-bond acceptors (Lipinski definition) is 2. The van der Waals surface area contributed by atoms with Crippen molar-refractivity contribution in [2.45, 2.75) is 44.7 Å². The first-order valence-electron chi connectivity index (χ1n) is 6.93. The largest absolute Gasteiger partial charge is 0.336 e. The number of carbonyl (C=O) groups excluding carboxylic acids is 1. The Kier molecular flexibility index (Phi) is 4.83. The van der Waals surface area contributed by atoms with Gasteiger partial charge < -0.3 is 10.6 Å². The Bertz CT molecular complexity index is 450. The van der Waals surface area contributed by atoms with Crippen molar-refractivity contribution in [3.63, 3.8) is 0 Å². The van der Waals surface area contributed by atoms with E-state index in [4.69, 9.17) is 17.3 Å². The number of nitrogens with zero attached hydrogens (tertiary/aromatic N) is 1. The fourth-order valence-electron chi connectivity index (χ4n) is 2.62. The van der Waals surface area contributed by atoms with E-state index in [1.807, 2.05) is 36.1 Å². The molecule has 1 amide bonds. The van der Waals surface area contributed by atoms with Gasteiger partial charge in [-0.3, -0.25) is 4.79 Å². The van der Waals surface area contributed by atoms with Gasteiger partial charge in [0, 0.05) is 24.0 Å². The summed E-state index contributed by atoms with van der Waals surface area (Å²) in [6, 6.07) is 7.86. The number of carbonyl (C=O) groups is 1. The maximum atomic E-state index is 12.3. The van der Waals surface area contributed by atoms with Crippen LogP contribution in [0.4, 0.5) is 0 Å². The Morgan fingerprint density at radius 1 is 1.53 bits per heavy atom. The molecule has 3 nitrogen and oxygen atoms in total. The van der Waals surface area contributed by atoms with Gasteiger partial charge in [-0.15, -0.1) is 0 Å². The molecule has 104 valence electrons. The van der Waals surface area contributed by atoms with Crippen LogP contribution in [0.2, 0.25) is 5.02 Å². The van der Waals surface area contributed by atoms with E-state index in [0.29, 0.717) is 6.42 Å². The predicted molar refractivity (Wildman–Crippen MR) is 78.0 cm³/mol. The quantitative estimate of drug-likeness (QED) is 0.921. The van der Waals surface area contributed by atoms with Crippen LogP contribution in [0.3, 0.4) is 0 Å². The fourth-order valence-corrected chi connectivity index (χ4v) is 2.88. The van der Waals surface area contributed by atoms with Crippen LogP contribution in [0.15, 0.2) is 24.3 Å². The van der Waals surface area contributed by atoms with E-state index in [0.717, 1.165) is 36.4 Å². The lowest BCUT2D eigenvalue weighted by molar-refractivity contribution is -0.132. The number of nitrogens with two attached hydrogens (primary N) is 1. The number of hydrogen-bond donors (Lipinski definition) is 1. The van der Waals surface area contributed by atoms with Crippen molar-refractivity contribution in [3.05, 3.63) is 34.9 Å². The van der Waals surface area contributed by atoms with Crippen molar-refractivity contribution >= 4 is 17.5 Å². The minimum atomic E-state index is -0.0417. The van der Waals surface area contributed by atoms with Crippen molar-refractivity contribution < 1.29 is 4.79 Å². The number of likely N-dealkylation sites (tertiary alicyclic amines) is 1. The molecule has 19 heavy (non-hydrogen) atoms. The Balaban J connectivity index is 2.13. The average Bonchev–Trinajstić information content (AvgIpc) is 2.88. The highest BCUT2D eigenvalue weighted by Gasteiger charge is 2.31. The second-order valence-electron chi connectivity index (χ2n) is 5.14. The molecule has 0 saturated carbocycles. The summed E-state index contributed by atoms with van der Waals surface area (Å²) in [5.41, 5.74) is 6.94. The molecule has 2 unspecified atom stereocenters. The molecule has 0 aliphatic carbocycles. The molecule has 1 saturated heterocycles. The van der Waals surface area contributed by atoms with Crippen molar-refractivity contribution in [2.75, 3.05) is 6.54 Å². The fraction of sp³-hybridized carbons (Fsp3) is 0.533. The lowest BCUT2D eigenvalue weighted by Gasteiger charge is -2.26. The SMILES string of the molecule is CCC(N)CC(=O)N1CCCC1c1ccccc1Cl. The second kappa shape index (κ2) is 6.40. The van der Waals surface area contributed by atoms with Gasteiger partial charge in [-0.2, -0.15) is 0 Å². The standard InChI is InChI=1S/C15H21ClN2O/c1-2-11(17)10-15(19)18-9-5-8-14(18)12-6-3-4-7-13(12)16/h3-4,6-7,11,14H,2,5,8-10,17H2,1H3. The minimum absolute atomic E-state index is 0.0417. The van der Waals surface area contributed by atoms with Crippen molar-refractivity contribution in [1.29, 1.82) is 0 Å². The van der Waals surface area contributed by atoms with Gasteiger partial charge in [0.05, 0.1) is 6.04 Å². The van der Waals surface area contributed by atoms with Crippen LogP contribution >= 0.6 is 11.6 Å². The summed E-state index contributed by atoms with van der Waals surface area (Å²) in [5.74, 6) is 0.150. The highest BCUT2D eigenvalue weighted by atomic mass is 35.5. The van der Waals surface area contributed by atoms with Crippen LogP contribution < -0.4 is 5.73 Å². The van der Waals surface area contributed by atoms with Crippen LogP contribution in [0, 0.1) is 0 Å². The molecule has 0 bridgehead atoms. The minimum Gasteiger partial charge on any atom is -0.336 e. The summed E-state index contributed by atoms with van der Waals surface area (Å²) >= 11 is 6.24. The molecule has 1 aromatic carbocycles. The van der Waals surface area contributed by atoms with Gasteiger partial charge in [-0.1, -0.05) is 36.7 Å². The maximum Gasteiger partial charge on any atom is 0.224 e. The topological polar surface area (TPSA) is 46.3 Å². The van der Waals surface area contributed by atoms with Gasteiger partial charge >= 0.3 is 0 Å². The van der Waals surface area contributed by atoms with E-state index < -0.39 is 0 Å². The van der Waals surface area contributed by atoms with Crippen LogP contribution in [0.5, 0.6) is 0 Å². The normalized spacial score (nSPS) is 20.6. The molecule has 1 aromatic rings. The number of benzene rings is 1. The third kappa shape index (κ3) is 3.28. The van der Waals surface area contributed by atoms with Crippen molar-refractivity contribution in [1.82, 2.24) is 4.90 Å². The molecule has 2 N–H and O–H groups in total. The summed E-state index contributed by atoms with van der Waals surface area (Å²) in [4.78, 5) is 14.3. The molecular formula is C15H21ClN2O. The summed E-state index contributed by atoms with van der Waals surface area (Å²) in [6.07, 6.45) is 3.27. The Hall–Kier alpha value is -1.06. The average molecular weight is 281 g/mol. The monoisotopic (exact) mass is 280 g/mol. The molecule has 1 heterocycles. The molecule has 0 aromatic heterocycles.